The lowest BCUT2D eigenvalue weighted by atomic mass is 10.0. The highest BCUT2D eigenvalue weighted by Gasteiger charge is 2.50. The lowest BCUT2D eigenvalue weighted by Crippen LogP contribution is -2.43. The van der Waals surface area contributed by atoms with Crippen LogP contribution in [0.5, 0.6) is 0 Å². The molecular formula is C23H28F3N3O7S. The Hall–Kier alpha value is -2.97. The summed E-state index contributed by atoms with van der Waals surface area (Å²) in [5.74, 6) is -5.95. The van der Waals surface area contributed by atoms with Crippen molar-refractivity contribution < 1.29 is 46.2 Å². The molecule has 37 heavy (non-hydrogen) atoms. The van der Waals surface area contributed by atoms with Crippen molar-refractivity contribution in [2.24, 2.45) is 11.7 Å². The smallest absolute Gasteiger partial charge is 0.328 e. The molecule has 10 nitrogen and oxygen atoms in total. The Morgan fingerprint density at radius 3 is 2.16 bits per heavy atom. The maximum Gasteiger partial charge on any atom is 0.328 e. The summed E-state index contributed by atoms with van der Waals surface area (Å²) in [4.78, 5) is 33.5. The number of likely N-dealkylation sites (tertiary alicyclic amines) is 1. The van der Waals surface area contributed by atoms with E-state index in [9.17, 15) is 36.0 Å². The third-order valence-electron chi connectivity index (χ3n) is 6.52. The highest BCUT2D eigenvalue weighted by atomic mass is 32.2. The largest absolute Gasteiger partial charge is 0.478 e. The molecule has 0 spiro atoms. The Bertz CT molecular complexity index is 1170. The van der Waals surface area contributed by atoms with Gasteiger partial charge in [0.15, 0.2) is 11.6 Å². The van der Waals surface area contributed by atoms with E-state index in [0.717, 1.165) is 12.5 Å². The molecule has 0 aromatic heterocycles. The number of sulfonamides is 1. The van der Waals surface area contributed by atoms with Crippen LogP contribution < -0.4 is 5.73 Å². The van der Waals surface area contributed by atoms with Crippen molar-refractivity contribution in [3.05, 3.63) is 47.3 Å². The monoisotopic (exact) mass is 547 g/mol. The van der Waals surface area contributed by atoms with Gasteiger partial charge < -0.3 is 20.8 Å². The Labute approximate surface area is 211 Å². The van der Waals surface area contributed by atoms with Crippen LogP contribution in [0.1, 0.15) is 31.2 Å². The van der Waals surface area contributed by atoms with Crippen molar-refractivity contribution in [1.29, 1.82) is 0 Å². The zero-order chi connectivity index (χ0) is 27.5. The molecule has 3 atom stereocenters. The topological polar surface area (TPSA) is 158 Å². The highest BCUT2D eigenvalue weighted by molar-refractivity contribution is 7.90. The SMILES string of the molecule is NC(CC(=O)N1CC[C@H]2CN(S(=O)(=O)C3CC3)C[C@H]21)Cc1cc(F)c(F)cc1F.O=C(O)C=CC(=O)O. The Morgan fingerprint density at radius 1 is 1.00 bits per heavy atom. The minimum atomic E-state index is -3.27. The van der Waals surface area contributed by atoms with Crippen LogP contribution in [0.4, 0.5) is 13.2 Å². The number of nitrogens with two attached hydrogens (primary N) is 1. The number of benzene rings is 1. The molecule has 1 amide bonds. The summed E-state index contributed by atoms with van der Waals surface area (Å²) >= 11 is 0. The normalized spacial score (nSPS) is 22.4. The van der Waals surface area contributed by atoms with Crippen LogP contribution in [-0.2, 0) is 30.8 Å². The van der Waals surface area contributed by atoms with Crippen LogP contribution in [0.2, 0.25) is 0 Å². The van der Waals surface area contributed by atoms with Gasteiger partial charge in [-0.3, -0.25) is 4.79 Å². The Balaban J connectivity index is 0.000000414. The number of hydrogen-bond acceptors (Lipinski definition) is 6. The van der Waals surface area contributed by atoms with Gasteiger partial charge in [-0.25, -0.2) is 31.2 Å². The van der Waals surface area contributed by atoms with Crippen LogP contribution in [-0.4, -0.2) is 82.6 Å². The first-order chi connectivity index (χ1) is 17.3. The van der Waals surface area contributed by atoms with Gasteiger partial charge in [-0.1, -0.05) is 0 Å². The molecular weight excluding hydrogens is 519 g/mol. The van der Waals surface area contributed by atoms with Crippen LogP contribution in [0.15, 0.2) is 24.3 Å². The van der Waals surface area contributed by atoms with E-state index in [4.69, 9.17) is 15.9 Å². The number of rotatable bonds is 8. The molecule has 1 saturated carbocycles. The zero-order valence-corrected chi connectivity index (χ0v) is 20.5. The average Bonchev–Trinajstić information content (AvgIpc) is 3.46. The van der Waals surface area contributed by atoms with Gasteiger partial charge in [0.2, 0.25) is 15.9 Å². The van der Waals surface area contributed by atoms with Gasteiger partial charge in [0.1, 0.15) is 5.82 Å². The van der Waals surface area contributed by atoms with Crippen molar-refractivity contribution in [2.75, 3.05) is 19.6 Å². The van der Waals surface area contributed by atoms with Gasteiger partial charge in [0.05, 0.1) is 5.25 Å². The first-order valence-corrected chi connectivity index (χ1v) is 13.1. The van der Waals surface area contributed by atoms with Crippen molar-refractivity contribution in [2.45, 2.75) is 49.4 Å². The summed E-state index contributed by atoms with van der Waals surface area (Å²) in [6, 6.07) is 0.313. The lowest BCUT2D eigenvalue weighted by Gasteiger charge is -2.26. The molecule has 2 saturated heterocycles. The highest BCUT2D eigenvalue weighted by Crippen LogP contribution is 2.38. The summed E-state index contributed by atoms with van der Waals surface area (Å²) in [5, 5.41) is 15.4. The molecule has 2 heterocycles. The first-order valence-electron chi connectivity index (χ1n) is 11.6. The average molecular weight is 548 g/mol. The van der Waals surface area contributed by atoms with E-state index >= 15 is 0 Å². The van der Waals surface area contributed by atoms with Crippen LogP contribution in [0.3, 0.4) is 0 Å². The van der Waals surface area contributed by atoms with Crippen molar-refractivity contribution >= 4 is 27.9 Å². The molecule has 4 N–H and O–H groups in total. The number of halogens is 3. The molecule has 2 aliphatic heterocycles. The van der Waals surface area contributed by atoms with Crippen LogP contribution >= 0.6 is 0 Å². The number of carbonyl (C=O) groups is 3. The van der Waals surface area contributed by atoms with E-state index in [1.165, 1.54) is 4.31 Å². The quantitative estimate of drug-likeness (QED) is 0.322. The van der Waals surface area contributed by atoms with E-state index in [2.05, 4.69) is 0 Å². The number of aliphatic carboxylic acids is 2. The van der Waals surface area contributed by atoms with Crippen molar-refractivity contribution in [3.8, 4) is 0 Å². The zero-order valence-electron chi connectivity index (χ0n) is 19.7. The van der Waals surface area contributed by atoms with Crippen LogP contribution in [0.25, 0.3) is 0 Å². The van der Waals surface area contributed by atoms with Gasteiger partial charge in [-0.2, -0.15) is 4.31 Å². The van der Waals surface area contributed by atoms with Crippen LogP contribution in [0, 0.1) is 23.4 Å². The maximum absolute atomic E-state index is 13.8. The standard InChI is InChI=1S/C19H24F3N3O3S.C4H4O4/c20-15-8-17(22)16(21)6-12(15)5-13(23)7-19(26)25-4-3-11-9-24(10-18(11)25)29(27,28)14-1-2-14;5-3(6)1-2-4(7)8/h6,8,11,13-14,18H,1-5,7,9-10,23H2;1-2H,(H,5,6)(H,7,8)/t11-,13?,18+;/m0./s1. The summed E-state index contributed by atoms with van der Waals surface area (Å²) in [6.45, 7) is 1.29. The van der Waals surface area contributed by atoms with Gasteiger partial charge in [0.25, 0.3) is 0 Å². The minimum Gasteiger partial charge on any atom is -0.478 e. The second-order valence-corrected chi connectivity index (χ2v) is 11.5. The Kier molecular flexibility index (Phi) is 8.97. The summed E-state index contributed by atoms with van der Waals surface area (Å²) in [5.41, 5.74) is 5.90. The number of carboxylic acids is 2. The summed E-state index contributed by atoms with van der Waals surface area (Å²) in [6.07, 6.45) is 3.08. The fraction of sp³-hybridized carbons (Fsp3) is 0.522. The molecule has 3 fully saturated rings. The molecule has 14 heteroatoms. The van der Waals surface area contributed by atoms with E-state index in [-0.39, 0.29) is 41.5 Å². The number of fused-ring (bicyclic) bond motifs is 1. The van der Waals surface area contributed by atoms with Crippen molar-refractivity contribution in [3.63, 3.8) is 0 Å². The summed E-state index contributed by atoms with van der Waals surface area (Å²) in [7, 11) is -3.27. The number of carbonyl (C=O) groups excluding carboxylic acids is 1. The second-order valence-electron chi connectivity index (χ2n) is 9.30. The molecule has 4 rings (SSSR count). The number of carboxylic acid groups (broad SMARTS) is 2. The molecule has 1 aromatic rings. The third kappa shape index (κ3) is 7.29. The third-order valence-corrected chi connectivity index (χ3v) is 8.85. The number of amides is 1. The minimum absolute atomic E-state index is 0.0724. The van der Waals surface area contributed by atoms with E-state index in [0.29, 0.717) is 50.7 Å². The van der Waals surface area contributed by atoms with Gasteiger partial charge in [-0.15, -0.1) is 0 Å². The fourth-order valence-corrected chi connectivity index (χ4v) is 6.49. The van der Waals surface area contributed by atoms with E-state index < -0.39 is 45.5 Å². The number of hydrogen-bond donors (Lipinski definition) is 3. The van der Waals surface area contributed by atoms with Gasteiger partial charge >= 0.3 is 11.9 Å². The molecule has 0 radical (unpaired) electrons. The van der Waals surface area contributed by atoms with E-state index in [1.807, 2.05) is 0 Å². The van der Waals surface area contributed by atoms with Crippen molar-refractivity contribution in [1.82, 2.24) is 9.21 Å². The first kappa shape index (κ1) is 28.6. The van der Waals surface area contributed by atoms with Gasteiger partial charge in [0, 0.05) is 56.4 Å². The summed E-state index contributed by atoms with van der Waals surface area (Å²) < 4.78 is 66.7. The maximum atomic E-state index is 13.8. The fourth-order valence-electron chi connectivity index (χ4n) is 4.58. The molecule has 1 aliphatic carbocycles. The molecule has 204 valence electrons. The molecule has 0 bridgehead atoms. The second kappa shape index (κ2) is 11.6. The number of nitrogens with zero attached hydrogens (tertiary/aromatic N) is 2. The van der Waals surface area contributed by atoms with Gasteiger partial charge in [-0.05, 0) is 43.2 Å². The predicted octanol–water partition coefficient (Wildman–Crippen LogP) is 1.10. The Morgan fingerprint density at radius 2 is 1.59 bits per heavy atom. The van der Waals surface area contributed by atoms with E-state index in [1.54, 1.807) is 4.90 Å². The molecule has 1 unspecified atom stereocenters. The molecule has 1 aromatic carbocycles. The lowest BCUT2D eigenvalue weighted by molar-refractivity contribution is -0.134. The predicted molar refractivity (Wildman–Crippen MR) is 124 cm³/mol. The molecule has 3 aliphatic rings.